The predicted octanol–water partition coefficient (Wildman–Crippen LogP) is 5.76. The van der Waals surface area contributed by atoms with Gasteiger partial charge in [0.05, 0.1) is 5.69 Å². The third-order valence-electron chi connectivity index (χ3n) is 5.17. The van der Waals surface area contributed by atoms with E-state index in [-0.39, 0.29) is 5.91 Å². The van der Waals surface area contributed by atoms with Gasteiger partial charge < -0.3 is 4.74 Å². The molecule has 1 aliphatic rings. The SMILES string of the molecule is CCCC(=O)N1c2ccc(Cl)cc2-c2nnc(SC)nc2O[C@@H]1c1ccc(C)cc1C. The van der Waals surface area contributed by atoms with Gasteiger partial charge in [-0.25, -0.2) is 0 Å². The van der Waals surface area contributed by atoms with Crippen LogP contribution < -0.4 is 9.64 Å². The van der Waals surface area contributed by atoms with Gasteiger partial charge in [-0.3, -0.25) is 9.69 Å². The number of thioether (sulfide) groups is 1. The number of anilines is 1. The molecule has 1 atom stereocenters. The first-order valence-electron chi connectivity index (χ1n) is 10.1. The standard InChI is InChI=1S/C23H23ClN4O2S/c1-5-6-19(29)28-18-10-8-15(24)12-17(18)20-21(25-23(31-4)27-26-20)30-22(28)16-9-7-13(2)11-14(16)3/h7-12,22H,5-6H2,1-4H3/t22-/m1/s1. The molecule has 0 fully saturated rings. The smallest absolute Gasteiger partial charge is 0.247 e. The Morgan fingerprint density at radius 1 is 1.19 bits per heavy atom. The molecular formula is C23H23ClN4O2S. The highest BCUT2D eigenvalue weighted by Gasteiger charge is 2.36. The van der Waals surface area contributed by atoms with E-state index in [2.05, 4.69) is 21.2 Å². The first-order chi connectivity index (χ1) is 14.9. The highest BCUT2D eigenvalue weighted by molar-refractivity contribution is 7.98. The number of hydrogen-bond donors (Lipinski definition) is 0. The zero-order valence-electron chi connectivity index (χ0n) is 17.8. The lowest BCUT2D eigenvalue weighted by molar-refractivity contribution is -0.120. The van der Waals surface area contributed by atoms with Crippen LogP contribution in [0.15, 0.2) is 41.6 Å². The molecule has 0 N–H and O–H groups in total. The fraction of sp³-hybridized carbons (Fsp3) is 0.304. The van der Waals surface area contributed by atoms with E-state index < -0.39 is 6.23 Å². The van der Waals surface area contributed by atoms with E-state index in [1.54, 1.807) is 17.0 Å². The summed E-state index contributed by atoms with van der Waals surface area (Å²) in [5.74, 6) is 0.293. The second-order valence-corrected chi connectivity index (χ2v) is 8.67. The molecule has 31 heavy (non-hydrogen) atoms. The van der Waals surface area contributed by atoms with Gasteiger partial charge in [0.25, 0.3) is 0 Å². The van der Waals surface area contributed by atoms with Gasteiger partial charge in [0, 0.05) is 22.6 Å². The van der Waals surface area contributed by atoms with Crippen LogP contribution in [0.4, 0.5) is 5.69 Å². The number of benzene rings is 2. The first kappa shape index (κ1) is 21.6. The third kappa shape index (κ3) is 4.12. The van der Waals surface area contributed by atoms with Crippen molar-refractivity contribution in [2.75, 3.05) is 11.2 Å². The molecule has 160 valence electrons. The zero-order chi connectivity index (χ0) is 22.1. The Morgan fingerprint density at radius 2 is 2.00 bits per heavy atom. The summed E-state index contributed by atoms with van der Waals surface area (Å²) in [7, 11) is 0. The highest BCUT2D eigenvalue weighted by Crippen LogP contribution is 2.45. The Hall–Kier alpha value is -2.64. The summed E-state index contributed by atoms with van der Waals surface area (Å²) in [6, 6.07) is 11.5. The summed E-state index contributed by atoms with van der Waals surface area (Å²) in [6.07, 6.45) is 2.30. The molecule has 0 bridgehead atoms. The average molecular weight is 455 g/mol. The quantitative estimate of drug-likeness (QED) is 0.467. The number of aryl methyl sites for hydroxylation is 2. The number of nitrogens with zero attached hydrogens (tertiary/aromatic N) is 4. The molecule has 0 spiro atoms. The van der Waals surface area contributed by atoms with Crippen LogP contribution in [0, 0.1) is 13.8 Å². The summed E-state index contributed by atoms with van der Waals surface area (Å²) in [5.41, 5.74) is 4.89. The molecule has 3 aromatic rings. The van der Waals surface area contributed by atoms with E-state index in [9.17, 15) is 4.79 Å². The maximum atomic E-state index is 13.4. The molecule has 0 saturated carbocycles. The van der Waals surface area contributed by atoms with Gasteiger partial charge >= 0.3 is 0 Å². The van der Waals surface area contributed by atoms with Crippen LogP contribution in [0.5, 0.6) is 5.88 Å². The summed E-state index contributed by atoms with van der Waals surface area (Å²) in [5, 5.41) is 9.60. The largest absolute Gasteiger partial charge is 0.447 e. The van der Waals surface area contributed by atoms with Crippen LogP contribution in [0.1, 0.15) is 42.7 Å². The fourth-order valence-electron chi connectivity index (χ4n) is 3.73. The molecule has 0 saturated heterocycles. The number of rotatable bonds is 4. The van der Waals surface area contributed by atoms with Gasteiger partial charge in [0.15, 0.2) is 5.69 Å². The van der Waals surface area contributed by atoms with Crippen molar-refractivity contribution in [3.63, 3.8) is 0 Å². The van der Waals surface area contributed by atoms with Crippen molar-refractivity contribution in [1.82, 2.24) is 15.2 Å². The molecule has 1 aromatic heterocycles. The number of ether oxygens (including phenoxy) is 1. The van der Waals surface area contributed by atoms with Gasteiger partial charge in [-0.15, -0.1) is 10.2 Å². The minimum absolute atomic E-state index is 0.0399. The van der Waals surface area contributed by atoms with Crippen LogP contribution in [-0.2, 0) is 4.79 Å². The monoisotopic (exact) mass is 454 g/mol. The lowest BCUT2D eigenvalue weighted by Crippen LogP contribution is -2.38. The molecule has 0 aliphatic carbocycles. The molecule has 4 rings (SSSR count). The molecular weight excluding hydrogens is 432 g/mol. The van der Waals surface area contributed by atoms with Crippen molar-refractivity contribution in [2.45, 2.75) is 45.0 Å². The molecule has 6 nitrogen and oxygen atoms in total. The highest BCUT2D eigenvalue weighted by atomic mass is 35.5. The molecule has 0 radical (unpaired) electrons. The molecule has 0 unspecified atom stereocenters. The van der Waals surface area contributed by atoms with E-state index in [0.717, 1.165) is 23.1 Å². The van der Waals surface area contributed by atoms with E-state index in [1.165, 1.54) is 11.8 Å². The Balaban J connectivity index is 2.00. The van der Waals surface area contributed by atoms with Gasteiger partial charge in [0.2, 0.25) is 23.2 Å². The number of hydrogen-bond acceptors (Lipinski definition) is 6. The van der Waals surface area contributed by atoms with E-state index >= 15 is 0 Å². The van der Waals surface area contributed by atoms with Crippen molar-refractivity contribution >= 4 is 35.0 Å². The van der Waals surface area contributed by atoms with Crippen molar-refractivity contribution < 1.29 is 9.53 Å². The number of fused-ring (bicyclic) bond motifs is 3. The van der Waals surface area contributed by atoms with E-state index in [1.807, 2.05) is 45.2 Å². The second-order valence-electron chi connectivity index (χ2n) is 7.46. The molecule has 2 heterocycles. The van der Waals surface area contributed by atoms with Crippen molar-refractivity contribution in [3.8, 4) is 17.1 Å². The number of carbonyl (C=O) groups is 1. The van der Waals surface area contributed by atoms with E-state index in [0.29, 0.717) is 39.4 Å². The summed E-state index contributed by atoms with van der Waals surface area (Å²) >= 11 is 7.70. The molecule has 8 heteroatoms. The van der Waals surface area contributed by atoms with Gasteiger partial charge in [-0.2, -0.15) is 4.98 Å². The van der Waals surface area contributed by atoms with Gasteiger partial charge in [-0.05, 0) is 50.3 Å². The normalized spacial score (nSPS) is 15.0. The molecule has 2 aromatic carbocycles. The van der Waals surface area contributed by atoms with Gasteiger partial charge in [-0.1, -0.05) is 54.0 Å². The van der Waals surface area contributed by atoms with Crippen LogP contribution in [0.3, 0.4) is 0 Å². The zero-order valence-corrected chi connectivity index (χ0v) is 19.4. The Labute approximate surface area is 191 Å². The lowest BCUT2D eigenvalue weighted by atomic mass is 10.0. The number of halogens is 1. The maximum Gasteiger partial charge on any atom is 0.247 e. The fourth-order valence-corrected chi connectivity index (χ4v) is 4.20. The van der Waals surface area contributed by atoms with Crippen LogP contribution in [0.2, 0.25) is 5.02 Å². The number of carbonyl (C=O) groups excluding carboxylic acids is 1. The third-order valence-corrected chi connectivity index (χ3v) is 5.95. The topological polar surface area (TPSA) is 68.2 Å². The summed E-state index contributed by atoms with van der Waals surface area (Å²) in [6.45, 7) is 6.05. The van der Waals surface area contributed by atoms with Crippen molar-refractivity contribution in [2.24, 2.45) is 0 Å². The van der Waals surface area contributed by atoms with Crippen molar-refractivity contribution in [1.29, 1.82) is 0 Å². The second kappa shape index (κ2) is 8.85. The Morgan fingerprint density at radius 3 is 2.71 bits per heavy atom. The Bertz CT molecular complexity index is 1150. The van der Waals surface area contributed by atoms with Crippen LogP contribution in [-0.4, -0.2) is 27.3 Å². The molecule has 1 aliphatic heterocycles. The lowest BCUT2D eigenvalue weighted by Gasteiger charge is -2.32. The number of aromatic nitrogens is 3. The summed E-state index contributed by atoms with van der Waals surface area (Å²) in [4.78, 5) is 19.7. The van der Waals surface area contributed by atoms with Crippen LogP contribution in [0.25, 0.3) is 11.3 Å². The van der Waals surface area contributed by atoms with Gasteiger partial charge in [0.1, 0.15) is 0 Å². The summed E-state index contributed by atoms with van der Waals surface area (Å²) < 4.78 is 6.44. The minimum atomic E-state index is -0.688. The average Bonchev–Trinajstić information content (AvgIpc) is 2.87. The van der Waals surface area contributed by atoms with Crippen LogP contribution >= 0.6 is 23.4 Å². The first-order valence-corrected chi connectivity index (χ1v) is 11.7. The van der Waals surface area contributed by atoms with Crippen molar-refractivity contribution in [3.05, 3.63) is 58.1 Å². The molecule has 1 amide bonds. The Kier molecular flexibility index (Phi) is 6.16. The van der Waals surface area contributed by atoms with E-state index in [4.69, 9.17) is 16.3 Å². The maximum absolute atomic E-state index is 13.4. The number of amides is 1. The predicted molar refractivity (Wildman–Crippen MR) is 124 cm³/mol. The minimum Gasteiger partial charge on any atom is -0.447 e.